The Bertz CT molecular complexity index is 870. The van der Waals surface area contributed by atoms with Crippen LogP contribution < -0.4 is 14.2 Å². The highest BCUT2D eigenvalue weighted by atomic mass is 16.6. The van der Waals surface area contributed by atoms with Crippen LogP contribution in [0.4, 0.5) is 0 Å². The maximum atomic E-state index is 12.1. The predicted molar refractivity (Wildman–Crippen MR) is 93.1 cm³/mol. The Hall–Kier alpha value is -3.28. The zero-order valence-electron chi connectivity index (χ0n) is 14.1. The number of cyclic esters (lactones) is 1. The lowest BCUT2D eigenvalue weighted by Gasteiger charge is -2.07. The molecule has 2 aromatic carbocycles. The van der Waals surface area contributed by atoms with Gasteiger partial charge >= 0.3 is 5.97 Å². The second-order valence-electron chi connectivity index (χ2n) is 5.18. The number of benzene rings is 2. The van der Waals surface area contributed by atoms with Crippen molar-refractivity contribution in [1.29, 1.82) is 0 Å². The van der Waals surface area contributed by atoms with Crippen LogP contribution in [0.25, 0.3) is 6.08 Å². The van der Waals surface area contributed by atoms with Gasteiger partial charge in [0.1, 0.15) is 17.2 Å². The molecule has 0 unspecified atom stereocenters. The van der Waals surface area contributed by atoms with Gasteiger partial charge in [-0.05, 0) is 36.4 Å². The van der Waals surface area contributed by atoms with Crippen LogP contribution in [-0.2, 0) is 9.53 Å². The Morgan fingerprint density at radius 3 is 2.44 bits per heavy atom. The van der Waals surface area contributed by atoms with Crippen LogP contribution in [0.15, 0.2) is 53.2 Å². The molecule has 0 N–H and O–H groups in total. The third-order valence-electron chi connectivity index (χ3n) is 3.67. The van der Waals surface area contributed by atoms with Gasteiger partial charge in [0.25, 0.3) is 0 Å². The fourth-order valence-electron chi connectivity index (χ4n) is 2.37. The van der Waals surface area contributed by atoms with Gasteiger partial charge in [0.05, 0.1) is 21.3 Å². The number of methoxy groups -OCH3 is 3. The second kappa shape index (κ2) is 7.09. The largest absolute Gasteiger partial charge is 0.497 e. The van der Waals surface area contributed by atoms with Gasteiger partial charge in [-0.25, -0.2) is 9.79 Å². The predicted octanol–water partition coefficient (Wildman–Crippen LogP) is 3.06. The SMILES string of the molecule is COc1cccc(C2=NC(=Cc3ccc(OC)cc3OC)C(=O)O2)c1. The summed E-state index contributed by atoms with van der Waals surface area (Å²) in [5, 5.41) is 0. The molecule has 0 spiro atoms. The van der Waals surface area contributed by atoms with E-state index < -0.39 is 5.97 Å². The molecule has 0 radical (unpaired) electrons. The van der Waals surface area contributed by atoms with E-state index in [1.807, 2.05) is 0 Å². The topological polar surface area (TPSA) is 66.3 Å². The van der Waals surface area contributed by atoms with E-state index in [4.69, 9.17) is 18.9 Å². The summed E-state index contributed by atoms with van der Waals surface area (Å²) in [6.07, 6.45) is 1.62. The third kappa shape index (κ3) is 3.47. The van der Waals surface area contributed by atoms with Gasteiger partial charge in [-0.2, -0.15) is 0 Å². The molecular formula is C19H17NO5. The minimum atomic E-state index is -0.518. The number of esters is 1. The van der Waals surface area contributed by atoms with Gasteiger partial charge in [0.15, 0.2) is 5.70 Å². The molecule has 128 valence electrons. The van der Waals surface area contributed by atoms with Crippen LogP contribution in [0.2, 0.25) is 0 Å². The van der Waals surface area contributed by atoms with Gasteiger partial charge in [0.2, 0.25) is 5.90 Å². The maximum Gasteiger partial charge on any atom is 0.363 e. The van der Waals surface area contributed by atoms with Crippen molar-refractivity contribution in [3.05, 3.63) is 59.3 Å². The smallest absolute Gasteiger partial charge is 0.363 e. The molecule has 0 saturated carbocycles. The Morgan fingerprint density at radius 1 is 0.960 bits per heavy atom. The zero-order valence-corrected chi connectivity index (χ0v) is 14.1. The molecule has 25 heavy (non-hydrogen) atoms. The molecule has 0 aromatic heterocycles. The van der Waals surface area contributed by atoms with Gasteiger partial charge in [0, 0.05) is 17.2 Å². The van der Waals surface area contributed by atoms with Crippen LogP contribution in [0.5, 0.6) is 17.2 Å². The molecule has 1 aliphatic heterocycles. The molecule has 0 saturated heterocycles. The second-order valence-corrected chi connectivity index (χ2v) is 5.18. The normalized spacial score (nSPS) is 14.9. The Labute approximate surface area is 145 Å². The highest BCUT2D eigenvalue weighted by Gasteiger charge is 2.24. The number of hydrogen-bond donors (Lipinski definition) is 0. The standard InChI is InChI=1S/C19H17NO5/c1-22-14-6-4-5-13(9-14)18-20-16(19(21)25-18)10-12-7-8-15(23-2)11-17(12)24-3/h4-11H,1-3H3. The number of ether oxygens (including phenoxy) is 4. The van der Waals surface area contributed by atoms with Crippen molar-refractivity contribution in [1.82, 2.24) is 0 Å². The average Bonchev–Trinajstić information content (AvgIpc) is 3.02. The molecule has 3 rings (SSSR count). The summed E-state index contributed by atoms with van der Waals surface area (Å²) in [7, 11) is 4.70. The fourth-order valence-corrected chi connectivity index (χ4v) is 2.37. The fraction of sp³-hybridized carbons (Fsp3) is 0.158. The maximum absolute atomic E-state index is 12.1. The van der Waals surface area contributed by atoms with E-state index in [1.54, 1.807) is 69.9 Å². The van der Waals surface area contributed by atoms with Crippen molar-refractivity contribution in [3.63, 3.8) is 0 Å². The van der Waals surface area contributed by atoms with E-state index in [0.717, 1.165) is 0 Å². The minimum absolute atomic E-state index is 0.196. The van der Waals surface area contributed by atoms with Gasteiger partial charge in [-0.1, -0.05) is 6.07 Å². The first-order chi connectivity index (χ1) is 12.1. The van der Waals surface area contributed by atoms with Crippen molar-refractivity contribution >= 4 is 17.9 Å². The Balaban J connectivity index is 1.96. The first kappa shape index (κ1) is 16.6. The summed E-state index contributed by atoms with van der Waals surface area (Å²) < 4.78 is 21.0. The summed E-state index contributed by atoms with van der Waals surface area (Å²) >= 11 is 0. The lowest BCUT2D eigenvalue weighted by atomic mass is 10.1. The van der Waals surface area contributed by atoms with Crippen LogP contribution in [0, 0.1) is 0 Å². The molecule has 1 aliphatic rings. The van der Waals surface area contributed by atoms with Crippen LogP contribution in [-0.4, -0.2) is 33.2 Å². The molecule has 6 nitrogen and oxygen atoms in total. The number of aliphatic imine (C=N–C) groups is 1. The zero-order chi connectivity index (χ0) is 17.8. The summed E-state index contributed by atoms with van der Waals surface area (Å²) in [6.45, 7) is 0. The van der Waals surface area contributed by atoms with Crippen LogP contribution in [0.3, 0.4) is 0 Å². The van der Waals surface area contributed by atoms with E-state index in [-0.39, 0.29) is 11.6 Å². The quantitative estimate of drug-likeness (QED) is 0.619. The monoisotopic (exact) mass is 339 g/mol. The molecule has 0 aliphatic carbocycles. The van der Waals surface area contributed by atoms with Gasteiger partial charge in [-0.15, -0.1) is 0 Å². The van der Waals surface area contributed by atoms with E-state index in [9.17, 15) is 4.79 Å². The number of carbonyl (C=O) groups is 1. The third-order valence-corrected chi connectivity index (χ3v) is 3.67. The van der Waals surface area contributed by atoms with E-state index in [0.29, 0.717) is 28.4 Å². The van der Waals surface area contributed by atoms with Crippen molar-refractivity contribution < 1.29 is 23.7 Å². The number of rotatable bonds is 5. The minimum Gasteiger partial charge on any atom is -0.497 e. The summed E-state index contributed by atoms with van der Waals surface area (Å²) in [5.41, 5.74) is 1.56. The molecule has 1 heterocycles. The number of nitrogens with zero attached hydrogens (tertiary/aromatic N) is 1. The summed E-state index contributed by atoms with van der Waals surface area (Å²) in [5.74, 6) is 1.61. The lowest BCUT2D eigenvalue weighted by Crippen LogP contribution is -2.05. The van der Waals surface area contributed by atoms with Gasteiger partial charge < -0.3 is 18.9 Å². The van der Waals surface area contributed by atoms with E-state index in [1.165, 1.54) is 0 Å². The van der Waals surface area contributed by atoms with E-state index >= 15 is 0 Å². The first-order valence-corrected chi connectivity index (χ1v) is 7.53. The molecule has 2 aromatic rings. The van der Waals surface area contributed by atoms with Crippen molar-refractivity contribution in [3.8, 4) is 17.2 Å². The van der Waals surface area contributed by atoms with Crippen LogP contribution >= 0.6 is 0 Å². The number of hydrogen-bond acceptors (Lipinski definition) is 6. The van der Waals surface area contributed by atoms with Crippen molar-refractivity contribution in [2.45, 2.75) is 0 Å². The van der Waals surface area contributed by atoms with Crippen molar-refractivity contribution in [2.24, 2.45) is 4.99 Å². The lowest BCUT2D eigenvalue weighted by molar-refractivity contribution is -0.129. The highest BCUT2D eigenvalue weighted by Crippen LogP contribution is 2.28. The Kier molecular flexibility index (Phi) is 4.70. The van der Waals surface area contributed by atoms with Gasteiger partial charge in [-0.3, -0.25) is 0 Å². The molecule has 0 atom stereocenters. The molecular weight excluding hydrogens is 322 g/mol. The van der Waals surface area contributed by atoms with Crippen molar-refractivity contribution in [2.75, 3.05) is 21.3 Å². The average molecular weight is 339 g/mol. The molecule has 0 fully saturated rings. The van der Waals surface area contributed by atoms with E-state index in [2.05, 4.69) is 4.99 Å². The number of carbonyl (C=O) groups excluding carboxylic acids is 1. The summed E-state index contributed by atoms with van der Waals surface area (Å²) in [6, 6.07) is 12.5. The Morgan fingerprint density at radius 2 is 1.72 bits per heavy atom. The first-order valence-electron chi connectivity index (χ1n) is 7.53. The molecule has 6 heteroatoms. The molecule has 0 bridgehead atoms. The highest BCUT2D eigenvalue weighted by molar-refractivity contribution is 6.13. The summed E-state index contributed by atoms with van der Waals surface area (Å²) in [4.78, 5) is 16.4. The van der Waals surface area contributed by atoms with Crippen LogP contribution in [0.1, 0.15) is 11.1 Å². The molecule has 0 amide bonds.